The second-order valence-corrected chi connectivity index (χ2v) is 5.43. The van der Waals surface area contributed by atoms with Crippen LogP contribution in [-0.2, 0) is 4.74 Å². The molecule has 0 fully saturated rings. The number of aromatic nitrogens is 1. The smallest absolute Gasteiger partial charge is 0.359 e. The van der Waals surface area contributed by atoms with Gasteiger partial charge in [0.05, 0.1) is 5.69 Å². The number of ether oxygens (including phenoxy) is 1. The number of carbonyl (C=O) groups excluding carboxylic acids is 1. The lowest BCUT2D eigenvalue weighted by Crippen LogP contribution is -2.25. The van der Waals surface area contributed by atoms with Crippen LogP contribution < -0.4 is 5.73 Å². The molecule has 0 bridgehead atoms. The number of pyridine rings is 1. The van der Waals surface area contributed by atoms with Gasteiger partial charge in [-0.3, -0.25) is 0 Å². The van der Waals surface area contributed by atoms with E-state index in [0.29, 0.717) is 4.47 Å². The third-order valence-corrected chi connectivity index (χ3v) is 2.42. The summed E-state index contributed by atoms with van der Waals surface area (Å²) >= 11 is 8.92. The number of nitrogen functional groups attached to an aromatic ring is 1. The van der Waals surface area contributed by atoms with Crippen molar-refractivity contribution in [3.8, 4) is 0 Å². The fourth-order valence-corrected chi connectivity index (χ4v) is 1.71. The standard InChI is InChI=1S/C10H12BrClN2O2/c1-10(2,3)16-9(15)8-7(13)5(11)4-6(12)14-8/h4H,13H2,1-3H3. The van der Waals surface area contributed by atoms with Crippen molar-refractivity contribution in [3.05, 3.63) is 21.4 Å². The molecule has 0 spiro atoms. The van der Waals surface area contributed by atoms with Gasteiger partial charge >= 0.3 is 5.97 Å². The van der Waals surface area contributed by atoms with Crippen LogP contribution in [0.25, 0.3) is 0 Å². The van der Waals surface area contributed by atoms with Crippen LogP contribution in [0, 0.1) is 0 Å². The molecule has 16 heavy (non-hydrogen) atoms. The van der Waals surface area contributed by atoms with Crippen molar-refractivity contribution in [1.29, 1.82) is 0 Å². The molecule has 0 radical (unpaired) electrons. The molecule has 0 atom stereocenters. The van der Waals surface area contributed by atoms with Gasteiger partial charge in [-0.15, -0.1) is 0 Å². The largest absolute Gasteiger partial charge is 0.455 e. The Bertz CT molecular complexity index is 430. The molecule has 4 nitrogen and oxygen atoms in total. The van der Waals surface area contributed by atoms with Gasteiger partial charge in [0.1, 0.15) is 10.8 Å². The average molecular weight is 308 g/mol. The first-order valence-electron chi connectivity index (χ1n) is 4.55. The molecular weight excluding hydrogens is 295 g/mol. The van der Waals surface area contributed by atoms with Crippen LogP contribution in [0.4, 0.5) is 5.69 Å². The molecule has 88 valence electrons. The van der Waals surface area contributed by atoms with E-state index in [9.17, 15) is 4.79 Å². The van der Waals surface area contributed by atoms with E-state index in [2.05, 4.69) is 20.9 Å². The second-order valence-electron chi connectivity index (χ2n) is 4.19. The first kappa shape index (κ1) is 13.3. The maximum Gasteiger partial charge on any atom is 0.359 e. The minimum Gasteiger partial charge on any atom is -0.455 e. The van der Waals surface area contributed by atoms with Crippen molar-refractivity contribution in [2.45, 2.75) is 26.4 Å². The fraction of sp³-hybridized carbons (Fsp3) is 0.400. The van der Waals surface area contributed by atoms with Gasteiger partial charge in [-0.25, -0.2) is 9.78 Å². The van der Waals surface area contributed by atoms with Crippen molar-refractivity contribution >= 4 is 39.2 Å². The summed E-state index contributed by atoms with van der Waals surface area (Å²) in [4.78, 5) is 15.6. The lowest BCUT2D eigenvalue weighted by Gasteiger charge is -2.19. The van der Waals surface area contributed by atoms with Gasteiger partial charge < -0.3 is 10.5 Å². The van der Waals surface area contributed by atoms with Crippen molar-refractivity contribution in [2.24, 2.45) is 0 Å². The zero-order chi connectivity index (χ0) is 12.5. The molecule has 0 saturated carbocycles. The molecule has 0 aliphatic heterocycles. The van der Waals surface area contributed by atoms with Crippen LogP contribution in [0.5, 0.6) is 0 Å². The Morgan fingerprint density at radius 2 is 2.12 bits per heavy atom. The molecule has 6 heteroatoms. The SMILES string of the molecule is CC(C)(C)OC(=O)c1nc(Cl)cc(Br)c1N. The Morgan fingerprint density at radius 1 is 1.56 bits per heavy atom. The zero-order valence-corrected chi connectivity index (χ0v) is 11.5. The van der Waals surface area contributed by atoms with Crippen molar-refractivity contribution in [3.63, 3.8) is 0 Å². The van der Waals surface area contributed by atoms with E-state index in [0.717, 1.165) is 0 Å². The number of anilines is 1. The third-order valence-electron chi connectivity index (χ3n) is 1.57. The minimum absolute atomic E-state index is 0.0225. The molecule has 0 aliphatic carbocycles. The summed E-state index contributed by atoms with van der Waals surface area (Å²) in [7, 11) is 0. The minimum atomic E-state index is -0.597. The lowest BCUT2D eigenvalue weighted by molar-refractivity contribution is 0.00642. The summed E-state index contributed by atoms with van der Waals surface area (Å²) in [5.41, 5.74) is 5.35. The van der Waals surface area contributed by atoms with Crippen molar-refractivity contribution < 1.29 is 9.53 Å². The lowest BCUT2D eigenvalue weighted by atomic mass is 10.2. The maximum absolute atomic E-state index is 11.7. The Balaban J connectivity index is 3.09. The van der Waals surface area contributed by atoms with E-state index in [4.69, 9.17) is 22.1 Å². The quantitative estimate of drug-likeness (QED) is 0.640. The molecule has 1 aromatic heterocycles. The predicted molar refractivity (Wildman–Crippen MR) is 66.5 cm³/mol. The molecule has 2 N–H and O–H groups in total. The summed E-state index contributed by atoms with van der Waals surface area (Å²) in [6.45, 7) is 5.29. The Morgan fingerprint density at radius 3 is 2.62 bits per heavy atom. The number of hydrogen-bond donors (Lipinski definition) is 1. The summed E-state index contributed by atoms with van der Waals surface area (Å²) < 4.78 is 5.68. The van der Waals surface area contributed by atoms with Gasteiger partial charge in [-0.05, 0) is 42.8 Å². The van der Waals surface area contributed by atoms with E-state index in [1.54, 1.807) is 20.8 Å². The normalized spacial score (nSPS) is 11.3. The van der Waals surface area contributed by atoms with Crippen LogP contribution in [-0.4, -0.2) is 16.6 Å². The number of esters is 1. The van der Waals surface area contributed by atoms with Crippen LogP contribution in [0.3, 0.4) is 0 Å². The number of hydrogen-bond acceptors (Lipinski definition) is 4. The first-order valence-corrected chi connectivity index (χ1v) is 5.72. The molecule has 0 unspecified atom stereocenters. The summed E-state index contributed by atoms with van der Waals surface area (Å²) in [5, 5.41) is 0.182. The monoisotopic (exact) mass is 306 g/mol. The first-order chi connectivity index (χ1) is 7.20. The Labute approximate surface area is 107 Å². The molecule has 0 amide bonds. The average Bonchev–Trinajstić information content (AvgIpc) is 2.08. The number of rotatable bonds is 1. The Kier molecular flexibility index (Phi) is 3.80. The highest BCUT2D eigenvalue weighted by Gasteiger charge is 2.22. The van der Waals surface area contributed by atoms with Crippen LogP contribution in [0.1, 0.15) is 31.3 Å². The van der Waals surface area contributed by atoms with Crippen LogP contribution >= 0.6 is 27.5 Å². The highest BCUT2D eigenvalue weighted by atomic mass is 79.9. The molecule has 1 heterocycles. The topological polar surface area (TPSA) is 65.2 Å². The Hall–Kier alpha value is -0.810. The maximum atomic E-state index is 11.7. The third kappa shape index (κ3) is 3.35. The van der Waals surface area contributed by atoms with E-state index in [1.807, 2.05) is 0 Å². The predicted octanol–water partition coefficient (Wildman–Crippen LogP) is 3.04. The summed E-state index contributed by atoms with van der Waals surface area (Å²) in [6.07, 6.45) is 0. The molecule has 0 saturated heterocycles. The molecule has 0 aliphatic rings. The van der Waals surface area contributed by atoms with E-state index in [-0.39, 0.29) is 16.5 Å². The van der Waals surface area contributed by atoms with Gasteiger partial charge in [0.2, 0.25) is 0 Å². The summed E-state index contributed by atoms with van der Waals surface area (Å²) in [6, 6.07) is 1.52. The van der Waals surface area contributed by atoms with Gasteiger partial charge in [0.15, 0.2) is 5.69 Å². The van der Waals surface area contributed by atoms with E-state index >= 15 is 0 Å². The highest BCUT2D eigenvalue weighted by Crippen LogP contribution is 2.26. The number of carbonyl (C=O) groups is 1. The van der Waals surface area contributed by atoms with Crippen molar-refractivity contribution in [2.75, 3.05) is 5.73 Å². The van der Waals surface area contributed by atoms with Gasteiger partial charge in [0.25, 0.3) is 0 Å². The fourth-order valence-electron chi connectivity index (χ4n) is 0.977. The molecular formula is C10H12BrClN2O2. The highest BCUT2D eigenvalue weighted by molar-refractivity contribution is 9.10. The second kappa shape index (κ2) is 4.59. The van der Waals surface area contributed by atoms with E-state index < -0.39 is 11.6 Å². The van der Waals surface area contributed by atoms with Crippen LogP contribution in [0.15, 0.2) is 10.5 Å². The van der Waals surface area contributed by atoms with Gasteiger partial charge in [0, 0.05) is 4.47 Å². The number of nitrogens with two attached hydrogens (primary N) is 1. The number of nitrogens with zero attached hydrogens (tertiary/aromatic N) is 1. The molecule has 1 rings (SSSR count). The zero-order valence-electron chi connectivity index (χ0n) is 9.17. The molecule has 0 aromatic carbocycles. The van der Waals surface area contributed by atoms with Gasteiger partial charge in [-0.1, -0.05) is 11.6 Å². The van der Waals surface area contributed by atoms with Gasteiger partial charge in [-0.2, -0.15) is 0 Å². The summed E-state index contributed by atoms with van der Waals surface area (Å²) in [5.74, 6) is -0.590. The van der Waals surface area contributed by atoms with Crippen molar-refractivity contribution in [1.82, 2.24) is 4.98 Å². The number of halogens is 2. The van der Waals surface area contributed by atoms with E-state index in [1.165, 1.54) is 6.07 Å². The molecule has 1 aromatic rings. The van der Waals surface area contributed by atoms with Crippen LogP contribution in [0.2, 0.25) is 5.15 Å².